The summed E-state index contributed by atoms with van der Waals surface area (Å²) < 4.78 is 77.0. The highest BCUT2D eigenvalue weighted by atomic mass is 32.2. The van der Waals surface area contributed by atoms with E-state index in [2.05, 4.69) is 10.3 Å². The second-order valence-electron chi connectivity index (χ2n) is 8.86. The zero-order chi connectivity index (χ0) is 25.5. The molecule has 12 heteroatoms. The van der Waals surface area contributed by atoms with Gasteiger partial charge in [0.1, 0.15) is 17.6 Å². The number of pyridine rings is 1. The van der Waals surface area contributed by atoms with Gasteiger partial charge in [-0.1, -0.05) is 6.07 Å². The van der Waals surface area contributed by atoms with Crippen LogP contribution >= 0.6 is 0 Å². The molecule has 188 valence electrons. The summed E-state index contributed by atoms with van der Waals surface area (Å²) in [5.41, 5.74) is -1.27. The minimum absolute atomic E-state index is 0.0350. The number of halogens is 4. The van der Waals surface area contributed by atoms with Crippen molar-refractivity contribution in [2.45, 2.75) is 48.8 Å². The lowest BCUT2D eigenvalue weighted by Gasteiger charge is -2.27. The van der Waals surface area contributed by atoms with Crippen LogP contribution in [0.2, 0.25) is 0 Å². The molecule has 1 saturated heterocycles. The normalized spacial score (nSPS) is 19.5. The van der Waals surface area contributed by atoms with Gasteiger partial charge in [0.2, 0.25) is 5.91 Å². The van der Waals surface area contributed by atoms with Crippen LogP contribution in [0.1, 0.15) is 53.3 Å². The summed E-state index contributed by atoms with van der Waals surface area (Å²) in [7, 11) is -3.57. The van der Waals surface area contributed by atoms with Crippen LogP contribution < -0.4 is 5.32 Å². The number of aromatic nitrogens is 1. The van der Waals surface area contributed by atoms with E-state index in [1.165, 1.54) is 17.2 Å². The zero-order valence-corrected chi connectivity index (χ0v) is 19.5. The molecule has 2 amide bonds. The molecule has 7 nitrogen and oxygen atoms in total. The van der Waals surface area contributed by atoms with E-state index in [1.54, 1.807) is 0 Å². The lowest BCUT2D eigenvalue weighted by Crippen LogP contribution is -2.47. The number of sulfone groups is 1. The Kier molecular flexibility index (Phi) is 6.60. The number of hydrogen-bond donors (Lipinski definition) is 1. The molecule has 0 spiro atoms. The summed E-state index contributed by atoms with van der Waals surface area (Å²) in [5.74, 6) is -2.34. The van der Waals surface area contributed by atoms with Gasteiger partial charge in [-0.2, -0.15) is 13.2 Å². The van der Waals surface area contributed by atoms with Crippen molar-refractivity contribution >= 4 is 21.7 Å². The molecule has 2 fully saturated rings. The third-order valence-electron chi connectivity index (χ3n) is 6.25. The van der Waals surface area contributed by atoms with Crippen molar-refractivity contribution in [3.8, 4) is 0 Å². The number of benzene rings is 1. The van der Waals surface area contributed by atoms with Crippen molar-refractivity contribution < 1.29 is 35.6 Å². The lowest BCUT2D eigenvalue weighted by molar-refractivity contribution is -0.137. The molecule has 0 radical (unpaired) electrons. The van der Waals surface area contributed by atoms with Crippen LogP contribution in [0, 0.1) is 11.7 Å². The van der Waals surface area contributed by atoms with Crippen LogP contribution in [0.15, 0.2) is 41.4 Å². The quantitative estimate of drug-likeness (QED) is 0.597. The van der Waals surface area contributed by atoms with Gasteiger partial charge >= 0.3 is 6.18 Å². The van der Waals surface area contributed by atoms with Gasteiger partial charge in [-0.05, 0) is 55.9 Å². The van der Waals surface area contributed by atoms with Gasteiger partial charge in [0.25, 0.3) is 5.91 Å². The molecule has 1 aliphatic heterocycles. The molecule has 2 aromatic rings. The Balaban J connectivity index is 1.54. The average Bonchev–Trinajstić information content (AvgIpc) is 3.51. The number of amides is 2. The predicted molar refractivity (Wildman–Crippen MR) is 116 cm³/mol. The van der Waals surface area contributed by atoms with Crippen molar-refractivity contribution in [3.05, 3.63) is 59.2 Å². The van der Waals surface area contributed by atoms with E-state index in [0.717, 1.165) is 24.5 Å². The molecule has 0 bridgehead atoms. The summed E-state index contributed by atoms with van der Waals surface area (Å²) in [4.78, 5) is 31.4. The van der Waals surface area contributed by atoms with Gasteiger partial charge in [-0.15, -0.1) is 0 Å². The Bertz CT molecular complexity index is 1260. The molecule has 2 atom stereocenters. The van der Waals surface area contributed by atoms with Crippen LogP contribution in [0.4, 0.5) is 17.6 Å². The molecular weight excluding hydrogens is 490 g/mol. The lowest BCUT2D eigenvalue weighted by atomic mass is 9.99. The van der Waals surface area contributed by atoms with E-state index in [9.17, 15) is 35.6 Å². The van der Waals surface area contributed by atoms with E-state index < -0.39 is 51.3 Å². The molecule has 1 aromatic heterocycles. The van der Waals surface area contributed by atoms with Gasteiger partial charge < -0.3 is 10.2 Å². The Morgan fingerprint density at radius 1 is 1.14 bits per heavy atom. The van der Waals surface area contributed by atoms with Gasteiger partial charge in [-0.3, -0.25) is 14.6 Å². The maximum absolute atomic E-state index is 14.6. The van der Waals surface area contributed by atoms with Crippen molar-refractivity contribution in [3.63, 3.8) is 0 Å². The fourth-order valence-corrected chi connectivity index (χ4v) is 4.91. The topological polar surface area (TPSA) is 96.4 Å². The van der Waals surface area contributed by atoms with E-state index in [0.29, 0.717) is 31.7 Å². The van der Waals surface area contributed by atoms with Crippen molar-refractivity contribution in [2.75, 3.05) is 12.8 Å². The van der Waals surface area contributed by atoms with Crippen LogP contribution in [0.25, 0.3) is 0 Å². The first kappa shape index (κ1) is 25.1. The Labute approximate surface area is 199 Å². The average molecular weight is 514 g/mol. The van der Waals surface area contributed by atoms with Crippen LogP contribution in [0.5, 0.6) is 0 Å². The number of rotatable bonds is 6. The molecule has 35 heavy (non-hydrogen) atoms. The van der Waals surface area contributed by atoms with Crippen molar-refractivity contribution in [1.29, 1.82) is 0 Å². The van der Waals surface area contributed by atoms with Gasteiger partial charge in [0.05, 0.1) is 16.5 Å². The fourth-order valence-electron chi connectivity index (χ4n) is 4.27. The monoisotopic (exact) mass is 513 g/mol. The number of carbonyl (C=O) groups excluding carboxylic acids is 2. The number of nitrogens with one attached hydrogen (secondary N) is 1. The summed E-state index contributed by atoms with van der Waals surface area (Å²) in [6.07, 6.45) is -0.284. The summed E-state index contributed by atoms with van der Waals surface area (Å²) >= 11 is 0. The van der Waals surface area contributed by atoms with Crippen molar-refractivity contribution in [2.24, 2.45) is 5.92 Å². The number of carbonyl (C=O) groups is 2. The van der Waals surface area contributed by atoms with Gasteiger partial charge in [-0.25, -0.2) is 12.8 Å². The van der Waals surface area contributed by atoms with Crippen LogP contribution in [0.3, 0.4) is 0 Å². The van der Waals surface area contributed by atoms with Gasteiger partial charge in [0.15, 0.2) is 9.84 Å². The molecular formula is C23H23F4N3O4S. The Morgan fingerprint density at radius 3 is 2.46 bits per heavy atom. The summed E-state index contributed by atoms with van der Waals surface area (Å²) in [6, 6.07) is 2.93. The molecule has 1 aromatic carbocycles. The maximum atomic E-state index is 14.6. The molecule has 2 aliphatic rings. The molecule has 1 unspecified atom stereocenters. The number of hydrogen-bond acceptors (Lipinski definition) is 5. The first-order valence-electron chi connectivity index (χ1n) is 11.0. The highest BCUT2D eigenvalue weighted by Crippen LogP contribution is 2.43. The van der Waals surface area contributed by atoms with Crippen molar-refractivity contribution in [1.82, 2.24) is 15.2 Å². The highest BCUT2D eigenvalue weighted by molar-refractivity contribution is 7.90. The third-order valence-corrected chi connectivity index (χ3v) is 7.36. The molecule has 1 aliphatic carbocycles. The molecule has 1 saturated carbocycles. The minimum Gasteiger partial charge on any atom is -0.347 e. The molecule has 4 rings (SSSR count). The Morgan fingerprint density at radius 2 is 1.86 bits per heavy atom. The predicted octanol–water partition coefficient (Wildman–Crippen LogP) is 3.52. The maximum Gasteiger partial charge on any atom is 0.416 e. The van der Waals surface area contributed by atoms with Crippen LogP contribution in [-0.4, -0.2) is 49.0 Å². The van der Waals surface area contributed by atoms with E-state index in [1.807, 2.05) is 0 Å². The fraction of sp³-hybridized carbons (Fsp3) is 0.435. The smallest absolute Gasteiger partial charge is 0.347 e. The number of likely N-dealkylation sites (tertiary alicyclic amines) is 1. The standard InChI is InChI=1S/C23H23F4N3O4S/c1-35(33,34)15-8-9-28-18(12-15)22(32)30-10-2-3-19(30)21(31)29-20(13-4-5-13)16-7-6-14(11-17(16)24)23(25,26)27/h6-9,11-13,19-20H,2-5,10H2,1H3,(H,29,31)/t19-,20?/m1/s1. The first-order valence-corrected chi connectivity index (χ1v) is 12.9. The van der Waals surface area contributed by atoms with Crippen LogP contribution in [-0.2, 0) is 20.8 Å². The largest absolute Gasteiger partial charge is 0.416 e. The first-order chi connectivity index (χ1) is 16.4. The van der Waals surface area contributed by atoms with E-state index in [4.69, 9.17) is 0 Å². The number of nitrogens with zero attached hydrogens (tertiary/aromatic N) is 2. The second-order valence-corrected chi connectivity index (χ2v) is 10.9. The molecule has 1 N–H and O–H groups in total. The second kappa shape index (κ2) is 9.21. The zero-order valence-electron chi connectivity index (χ0n) is 18.7. The summed E-state index contributed by atoms with van der Waals surface area (Å²) in [6.45, 7) is 0.241. The van der Waals surface area contributed by atoms with E-state index >= 15 is 0 Å². The number of alkyl halides is 3. The SMILES string of the molecule is CS(=O)(=O)c1ccnc(C(=O)N2CCC[C@@H]2C(=O)NC(c2ccc(C(F)(F)F)cc2F)C2CC2)c1. The van der Waals surface area contributed by atoms with E-state index in [-0.39, 0.29) is 28.6 Å². The molecule has 2 heterocycles. The third kappa shape index (κ3) is 5.47. The Hall–Kier alpha value is -3.02. The minimum atomic E-state index is -4.69. The van der Waals surface area contributed by atoms with Gasteiger partial charge in [0, 0.05) is 24.6 Å². The summed E-state index contributed by atoms with van der Waals surface area (Å²) in [5, 5.41) is 2.74. The highest BCUT2D eigenvalue weighted by Gasteiger charge is 2.41.